The smallest absolute Gasteiger partial charge is 0.436 e. The van der Waals surface area contributed by atoms with Gasteiger partial charge in [0.2, 0.25) is 0 Å². The van der Waals surface area contributed by atoms with Crippen LogP contribution in [0.2, 0.25) is 0 Å². The van der Waals surface area contributed by atoms with Crippen LogP contribution in [0.15, 0.2) is 24.3 Å². The van der Waals surface area contributed by atoms with Crippen LogP contribution in [0.4, 0.5) is 16.2 Å². The Hall–Kier alpha value is -1.75. The van der Waals surface area contributed by atoms with Gasteiger partial charge in [0.1, 0.15) is 0 Å². The maximum Gasteiger partial charge on any atom is 0.436 e. The highest BCUT2D eigenvalue weighted by molar-refractivity contribution is 5.83. The highest BCUT2D eigenvalue weighted by Gasteiger charge is 2.09. The lowest BCUT2D eigenvalue weighted by Gasteiger charge is -2.09. The lowest BCUT2D eigenvalue weighted by atomic mass is 10.3. The Morgan fingerprint density at radius 1 is 1.33 bits per heavy atom. The number of carboxylic acid groups (broad SMARTS) is 1. The van der Waals surface area contributed by atoms with Gasteiger partial charge >= 0.3 is 6.09 Å². The van der Waals surface area contributed by atoms with Crippen LogP contribution in [0.5, 0.6) is 0 Å². The second-order valence-electron chi connectivity index (χ2n) is 2.19. The number of amides is 1. The van der Waals surface area contributed by atoms with Gasteiger partial charge in [0, 0.05) is 5.69 Å². The third-order valence-electron chi connectivity index (χ3n) is 1.32. The van der Waals surface area contributed by atoms with Crippen molar-refractivity contribution < 1.29 is 15.1 Å². The molecule has 0 heterocycles. The SMILES string of the molecule is Nc1ccc(N(O)C(=O)O)cc1. The van der Waals surface area contributed by atoms with Gasteiger partial charge < -0.3 is 10.8 Å². The van der Waals surface area contributed by atoms with E-state index in [1.54, 1.807) is 0 Å². The Balaban J connectivity index is 2.89. The van der Waals surface area contributed by atoms with Crippen LogP contribution in [0.3, 0.4) is 0 Å². The first kappa shape index (κ1) is 8.35. The van der Waals surface area contributed by atoms with Crippen molar-refractivity contribution in [2.24, 2.45) is 0 Å². The van der Waals surface area contributed by atoms with Gasteiger partial charge in [-0.1, -0.05) is 0 Å². The quantitative estimate of drug-likeness (QED) is 0.333. The Morgan fingerprint density at radius 3 is 2.25 bits per heavy atom. The summed E-state index contributed by atoms with van der Waals surface area (Å²) in [6.45, 7) is 0. The second kappa shape index (κ2) is 3.10. The van der Waals surface area contributed by atoms with E-state index in [0.717, 1.165) is 0 Å². The molecule has 0 saturated carbocycles. The number of hydroxylamine groups is 1. The van der Waals surface area contributed by atoms with Crippen LogP contribution in [0.25, 0.3) is 0 Å². The van der Waals surface area contributed by atoms with Gasteiger partial charge in [0.25, 0.3) is 0 Å². The first-order valence-corrected chi connectivity index (χ1v) is 3.18. The summed E-state index contributed by atoms with van der Waals surface area (Å²) < 4.78 is 0. The molecule has 0 atom stereocenters. The summed E-state index contributed by atoms with van der Waals surface area (Å²) in [7, 11) is 0. The fourth-order valence-corrected chi connectivity index (χ4v) is 0.726. The molecular weight excluding hydrogens is 160 g/mol. The molecule has 0 aliphatic heterocycles. The van der Waals surface area contributed by atoms with E-state index >= 15 is 0 Å². The molecule has 0 fully saturated rings. The molecule has 1 amide bonds. The molecule has 0 radical (unpaired) electrons. The van der Waals surface area contributed by atoms with Crippen molar-refractivity contribution in [2.75, 3.05) is 10.8 Å². The van der Waals surface area contributed by atoms with E-state index < -0.39 is 6.09 Å². The monoisotopic (exact) mass is 168 g/mol. The largest absolute Gasteiger partial charge is 0.463 e. The van der Waals surface area contributed by atoms with Crippen LogP contribution < -0.4 is 10.8 Å². The molecule has 0 aliphatic rings. The Kier molecular flexibility index (Phi) is 2.16. The number of hydrogen-bond donors (Lipinski definition) is 3. The van der Waals surface area contributed by atoms with Crippen LogP contribution >= 0.6 is 0 Å². The van der Waals surface area contributed by atoms with Gasteiger partial charge in [-0.25, -0.2) is 4.79 Å². The number of anilines is 2. The second-order valence-corrected chi connectivity index (χ2v) is 2.19. The molecule has 4 N–H and O–H groups in total. The molecule has 64 valence electrons. The van der Waals surface area contributed by atoms with Crippen molar-refractivity contribution in [3.8, 4) is 0 Å². The van der Waals surface area contributed by atoms with Gasteiger partial charge in [0.15, 0.2) is 0 Å². The summed E-state index contributed by atoms with van der Waals surface area (Å²) in [6.07, 6.45) is -1.43. The summed E-state index contributed by atoms with van der Waals surface area (Å²) in [6, 6.07) is 5.82. The van der Waals surface area contributed by atoms with Crippen molar-refractivity contribution in [1.82, 2.24) is 0 Å². The fraction of sp³-hybridized carbons (Fsp3) is 0. The zero-order valence-electron chi connectivity index (χ0n) is 6.14. The standard InChI is InChI=1S/C7H8N2O3/c8-5-1-3-6(4-2-5)9(12)7(10)11/h1-4,12H,8H2,(H,10,11). The highest BCUT2D eigenvalue weighted by atomic mass is 16.6. The summed E-state index contributed by atoms with van der Waals surface area (Å²) in [5.41, 5.74) is 6.03. The number of carbonyl (C=O) groups is 1. The van der Waals surface area contributed by atoms with Crippen molar-refractivity contribution in [3.05, 3.63) is 24.3 Å². The summed E-state index contributed by atoms with van der Waals surface area (Å²) in [5, 5.41) is 17.4. The highest BCUT2D eigenvalue weighted by Crippen LogP contribution is 2.14. The molecule has 0 unspecified atom stereocenters. The normalized spacial score (nSPS) is 9.42. The van der Waals surface area contributed by atoms with Crippen LogP contribution in [0, 0.1) is 0 Å². The number of nitrogen functional groups attached to an aromatic ring is 1. The van der Waals surface area contributed by atoms with Crippen molar-refractivity contribution in [3.63, 3.8) is 0 Å². The van der Waals surface area contributed by atoms with E-state index in [9.17, 15) is 4.79 Å². The average molecular weight is 168 g/mol. The summed E-state index contributed by atoms with van der Waals surface area (Å²) >= 11 is 0. The molecule has 0 bridgehead atoms. The maximum atomic E-state index is 10.2. The first-order chi connectivity index (χ1) is 5.61. The topological polar surface area (TPSA) is 86.8 Å². The third-order valence-corrected chi connectivity index (χ3v) is 1.32. The molecule has 1 aromatic rings. The maximum absolute atomic E-state index is 10.2. The van der Waals surface area contributed by atoms with Gasteiger partial charge in [-0.2, -0.15) is 5.06 Å². The fourth-order valence-electron chi connectivity index (χ4n) is 0.726. The third kappa shape index (κ3) is 1.64. The molecule has 0 spiro atoms. The zero-order chi connectivity index (χ0) is 9.14. The van der Waals surface area contributed by atoms with E-state index in [1.807, 2.05) is 0 Å². The summed E-state index contributed by atoms with van der Waals surface area (Å²) in [4.78, 5) is 10.2. The van der Waals surface area contributed by atoms with Gasteiger partial charge in [0.05, 0.1) is 5.69 Å². The molecule has 5 heteroatoms. The van der Waals surface area contributed by atoms with Crippen LogP contribution in [-0.4, -0.2) is 16.4 Å². The number of benzene rings is 1. The van der Waals surface area contributed by atoms with Gasteiger partial charge in [-0.15, -0.1) is 0 Å². The number of hydrogen-bond acceptors (Lipinski definition) is 3. The van der Waals surface area contributed by atoms with Crippen molar-refractivity contribution in [1.29, 1.82) is 0 Å². The Bertz CT molecular complexity index is 283. The zero-order valence-corrected chi connectivity index (χ0v) is 6.14. The first-order valence-electron chi connectivity index (χ1n) is 3.18. The minimum absolute atomic E-state index is 0.124. The number of rotatable bonds is 1. The van der Waals surface area contributed by atoms with Crippen LogP contribution in [0.1, 0.15) is 0 Å². The lowest BCUT2D eigenvalue weighted by molar-refractivity contribution is 0.160. The average Bonchev–Trinajstić information content (AvgIpc) is 2.04. The minimum Gasteiger partial charge on any atom is -0.463 e. The lowest BCUT2D eigenvalue weighted by Crippen LogP contribution is -2.24. The molecule has 0 aliphatic carbocycles. The van der Waals surface area contributed by atoms with Crippen molar-refractivity contribution in [2.45, 2.75) is 0 Å². The van der Waals surface area contributed by atoms with Gasteiger partial charge in [-0.3, -0.25) is 5.21 Å². The predicted octanol–water partition coefficient (Wildman–Crippen LogP) is 1.14. The molecular formula is C7H8N2O3. The van der Waals surface area contributed by atoms with E-state index in [1.165, 1.54) is 24.3 Å². The van der Waals surface area contributed by atoms with Crippen LogP contribution in [-0.2, 0) is 0 Å². The minimum atomic E-state index is -1.43. The van der Waals surface area contributed by atoms with E-state index in [-0.39, 0.29) is 10.8 Å². The van der Waals surface area contributed by atoms with Crippen molar-refractivity contribution >= 4 is 17.5 Å². The van der Waals surface area contributed by atoms with E-state index in [0.29, 0.717) is 5.69 Å². The Morgan fingerprint density at radius 2 is 1.83 bits per heavy atom. The van der Waals surface area contributed by atoms with Gasteiger partial charge in [-0.05, 0) is 24.3 Å². The number of nitrogens with two attached hydrogens (primary N) is 1. The molecule has 1 rings (SSSR count). The molecule has 0 aromatic heterocycles. The number of nitrogens with zero attached hydrogens (tertiary/aromatic N) is 1. The van der Waals surface area contributed by atoms with E-state index in [4.69, 9.17) is 16.0 Å². The molecule has 12 heavy (non-hydrogen) atoms. The molecule has 0 saturated heterocycles. The summed E-state index contributed by atoms with van der Waals surface area (Å²) in [5.74, 6) is 0. The van der Waals surface area contributed by atoms with E-state index in [2.05, 4.69) is 0 Å². The molecule has 1 aromatic carbocycles. The molecule has 5 nitrogen and oxygen atoms in total. The predicted molar refractivity (Wildman–Crippen MR) is 43.1 cm³/mol. The Labute approximate surface area is 68.6 Å².